The van der Waals surface area contributed by atoms with E-state index in [1.165, 1.54) is 0 Å². The number of ether oxygens (including phenoxy) is 2. The zero-order valence-electron chi connectivity index (χ0n) is 11.6. The minimum Gasteiger partial charge on any atom is -0.444 e. The monoisotopic (exact) mass is 256 g/mol. The molecule has 2 N–H and O–H groups in total. The smallest absolute Gasteiger partial charge is 0.410 e. The number of carbonyl (C=O) groups excluding carboxylic acids is 1. The fraction of sp³-hybridized carbons (Fsp3) is 0.923. The third-order valence-electron chi connectivity index (χ3n) is 3.73. The Morgan fingerprint density at radius 2 is 2.17 bits per heavy atom. The molecule has 0 aliphatic carbocycles. The second kappa shape index (κ2) is 4.70. The number of nitrogens with two attached hydrogens (primary N) is 1. The van der Waals surface area contributed by atoms with Crippen LogP contribution in [0.1, 0.15) is 40.0 Å². The van der Waals surface area contributed by atoms with Crippen molar-refractivity contribution in [3.63, 3.8) is 0 Å². The van der Waals surface area contributed by atoms with Gasteiger partial charge in [0.25, 0.3) is 0 Å². The van der Waals surface area contributed by atoms with Crippen LogP contribution in [0.15, 0.2) is 0 Å². The summed E-state index contributed by atoms with van der Waals surface area (Å²) in [6, 6.07) is -0.106. The van der Waals surface area contributed by atoms with Crippen molar-refractivity contribution in [2.24, 2.45) is 5.73 Å². The molecule has 2 atom stereocenters. The van der Waals surface area contributed by atoms with Gasteiger partial charge in [-0.3, -0.25) is 4.90 Å². The normalized spacial score (nSPS) is 32.9. The molecule has 0 aromatic rings. The van der Waals surface area contributed by atoms with Gasteiger partial charge in [-0.2, -0.15) is 0 Å². The Labute approximate surface area is 109 Å². The highest BCUT2D eigenvalue weighted by molar-refractivity contribution is 5.69. The highest BCUT2D eigenvalue weighted by Crippen LogP contribution is 2.35. The average molecular weight is 256 g/mol. The lowest BCUT2D eigenvalue weighted by atomic mass is 9.83. The molecule has 18 heavy (non-hydrogen) atoms. The van der Waals surface area contributed by atoms with Crippen LogP contribution in [0, 0.1) is 0 Å². The number of rotatable bonds is 0. The number of nitrogens with zero attached hydrogens (tertiary/aromatic N) is 1. The van der Waals surface area contributed by atoms with Gasteiger partial charge >= 0.3 is 6.09 Å². The van der Waals surface area contributed by atoms with Crippen molar-refractivity contribution in [2.75, 3.05) is 19.8 Å². The van der Waals surface area contributed by atoms with Crippen LogP contribution in [0.4, 0.5) is 4.79 Å². The molecule has 2 saturated heterocycles. The van der Waals surface area contributed by atoms with E-state index in [0.29, 0.717) is 19.8 Å². The lowest BCUT2D eigenvalue weighted by Gasteiger charge is -2.46. The molecule has 1 spiro atoms. The third-order valence-corrected chi connectivity index (χ3v) is 3.73. The van der Waals surface area contributed by atoms with Crippen LogP contribution >= 0.6 is 0 Å². The molecule has 0 saturated carbocycles. The average Bonchev–Trinajstić information content (AvgIpc) is 2.59. The Balaban J connectivity index is 2.16. The van der Waals surface area contributed by atoms with Crippen molar-refractivity contribution in [1.82, 2.24) is 4.90 Å². The van der Waals surface area contributed by atoms with E-state index in [1.54, 1.807) is 4.90 Å². The molecule has 2 unspecified atom stereocenters. The Hall–Kier alpha value is -0.810. The number of hydrogen-bond donors (Lipinski definition) is 1. The molecular formula is C13H24N2O3. The molecule has 2 aliphatic rings. The van der Waals surface area contributed by atoms with E-state index in [2.05, 4.69) is 0 Å². The van der Waals surface area contributed by atoms with E-state index in [9.17, 15) is 4.79 Å². The number of piperidine rings is 1. The van der Waals surface area contributed by atoms with E-state index < -0.39 is 5.60 Å². The lowest BCUT2D eigenvalue weighted by molar-refractivity contribution is -0.0215. The van der Waals surface area contributed by atoms with Crippen molar-refractivity contribution in [3.05, 3.63) is 0 Å². The first-order chi connectivity index (χ1) is 8.35. The maximum Gasteiger partial charge on any atom is 0.410 e. The van der Waals surface area contributed by atoms with Crippen molar-refractivity contribution in [2.45, 2.75) is 57.2 Å². The Morgan fingerprint density at radius 3 is 2.72 bits per heavy atom. The van der Waals surface area contributed by atoms with Gasteiger partial charge in [0.05, 0.1) is 24.8 Å². The molecule has 0 aromatic carbocycles. The van der Waals surface area contributed by atoms with Crippen LogP contribution in [-0.2, 0) is 9.47 Å². The zero-order valence-corrected chi connectivity index (χ0v) is 11.6. The molecule has 5 nitrogen and oxygen atoms in total. The van der Waals surface area contributed by atoms with Gasteiger partial charge in [0.15, 0.2) is 0 Å². The molecule has 2 aliphatic heterocycles. The molecule has 2 fully saturated rings. The van der Waals surface area contributed by atoms with Gasteiger partial charge in [0, 0.05) is 6.54 Å². The maximum atomic E-state index is 12.3. The zero-order chi connectivity index (χ0) is 13.4. The quantitative estimate of drug-likeness (QED) is 0.713. The van der Waals surface area contributed by atoms with Crippen LogP contribution in [0.2, 0.25) is 0 Å². The maximum absolute atomic E-state index is 12.3. The number of amides is 1. The molecule has 2 rings (SSSR count). The van der Waals surface area contributed by atoms with Gasteiger partial charge in [-0.05, 0) is 40.0 Å². The predicted octanol–water partition coefficient (Wildman–Crippen LogP) is 1.50. The van der Waals surface area contributed by atoms with Gasteiger partial charge in [0.1, 0.15) is 5.60 Å². The number of carbonyl (C=O) groups is 1. The first-order valence-electron chi connectivity index (χ1n) is 6.69. The molecule has 5 heteroatoms. The van der Waals surface area contributed by atoms with E-state index in [-0.39, 0.29) is 17.7 Å². The van der Waals surface area contributed by atoms with Crippen molar-refractivity contribution < 1.29 is 14.3 Å². The van der Waals surface area contributed by atoms with Gasteiger partial charge in [-0.15, -0.1) is 0 Å². The molecule has 2 heterocycles. The summed E-state index contributed by atoms with van der Waals surface area (Å²) < 4.78 is 11.0. The van der Waals surface area contributed by atoms with Crippen LogP contribution < -0.4 is 5.73 Å². The highest BCUT2D eigenvalue weighted by atomic mass is 16.6. The highest BCUT2D eigenvalue weighted by Gasteiger charge is 2.50. The lowest BCUT2D eigenvalue weighted by Crippen LogP contribution is -2.64. The molecule has 0 bridgehead atoms. The summed E-state index contributed by atoms with van der Waals surface area (Å²) in [6.07, 6.45) is 2.75. The first-order valence-corrected chi connectivity index (χ1v) is 6.69. The summed E-state index contributed by atoms with van der Waals surface area (Å²) in [5.74, 6) is 0. The van der Waals surface area contributed by atoms with Gasteiger partial charge in [0.2, 0.25) is 0 Å². The van der Waals surface area contributed by atoms with E-state index in [0.717, 1.165) is 19.3 Å². The summed E-state index contributed by atoms with van der Waals surface area (Å²) >= 11 is 0. The van der Waals surface area contributed by atoms with Crippen molar-refractivity contribution in [3.8, 4) is 0 Å². The molecule has 1 amide bonds. The fourth-order valence-corrected chi connectivity index (χ4v) is 2.81. The van der Waals surface area contributed by atoms with E-state index >= 15 is 0 Å². The van der Waals surface area contributed by atoms with Crippen LogP contribution in [-0.4, -0.2) is 47.9 Å². The van der Waals surface area contributed by atoms with E-state index in [4.69, 9.17) is 15.2 Å². The van der Waals surface area contributed by atoms with Crippen LogP contribution in [0.3, 0.4) is 0 Å². The van der Waals surface area contributed by atoms with Crippen molar-refractivity contribution in [1.29, 1.82) is 0 Å². The molecular weight excluding hydrogens is 232 g/mol. The summed E-state index contributed by atoms with van der Waals surface area (Å²) in [4.78, 5) is 14.1. The molecule has 0 aromatic heterocycles. The topological polar surface area (TPSA) is 64.8 Å². The summed E-state index contributed by atoms with van der Waals surface area (Å²) in [7, 11) is 0. The number of hydrogen-bond acceptors (Lipinski definition) is 4. The summed E-state index contributed by atoms with van der Waals surface area (Å²) in [5, 5.41) is 0. The van der Waals surface area contributed by atoms with Gasteiger partial charge < -0.3 is 15.2 Å². The molecule has 0 radical (unpaired) electrons. The second-order valence-corrected chi connectivity index (χ2v) is 6.31. The largest absolute Gasteiger partial charge is 0.444 e. The third kappa shape index (κ3) is 2.47. The molecule has 104 valence electrons. The van der Waals surface area contributed by atoms with Crippen LogP contribution in [0.25, 0.3) is 0 Å². The second-order valence-electron chi connectivity index (χ2n) is 6.31. The van der Waals surface area contributed by atoms with Gasteiger partial charge in [-0.25, -0.2) is 4.79 Å². The van der Waals surface area contributed by atoms with Gasteiger partial charge in [-0.1, -0.05) is 0 Å². The summed E-state index contributed by atoms with van der Waals surface area (Å²) in [5.41, 5.74) is 5.34. The summed E-state index contributed by atoms with van der Waals surface area (Å²) in [6.45, 7) is 7.42. The Bertz CT molecular complexity index is 327. The predicted molar refractivity (Wildman–Crippen MR) is 68.3 cm³/mol. The minimum absolute atomic E-state index is 0.106. The first kappa shape index (κ1) is 13.6. The standard InChI is InChI=1S/C13H24N2O3/c1-12(2,3)18-11(16)15-7-5-4-6-13(15)9-17-8-10(13)14/h10H,4-9,14H2,1-3H3. The van der Waals surface area contributed by atoms with E-state index in [1.807, 2.05) is 20.8 Å². The van der Waals surface area contributed by atoms with Crippen LogP contribution in [0.5, 0.6) is 0 Å². The van der Waals surface area contributed by atoms with Crippen molar-refractivity contribution >= 4 is 6.09 Å². The SMILES string of the molecule is CC(C)(C)OC(=O)N1CCCCC12COCC2N. The Kier molecular flexibility index (Phi) is 3.56. The minimum atomic E-state index is -0.473. The Morgan fingerprint density at radius 1 is 1.44 bits per heavy atom. The fourth-order valence-electron chi connectivity index (χ4n) is 2.81. The number of likely N-dealkylation sites (tertiary alicyclic amines) is 1.